The molecular formula is C15H14BrCl2N. The van der Waals surface area contributed by atoms with E-state index in [0.29, 0.717) is 5.88 Å². The molecule has 0 aliphatic rings. The van der Waals surface area contributed by atoms with Crippen LogP contribution in [0.1, 0.15) is 11.1 Å². The Morgan fingerprint density at radius 2 is 1.89 bits per heavy atom. The van der Waals surface area contributed by atoms with Crippen LogP contribution in [-0.4, -0.2) is 7.05 Å². The molecule has 0 bridgehead atoms. The molecule has 100 valence electrons. The zero-order valence-corrected chi connectivity index (χ0v) is 13.6. The van der Waals surface area contributed by atoms with Gasteiger partial charge in [0, 0.05) is 29.0 Å². The molecule has 0 fully saturated rings. The summed E-state index contributed by atoms with van der Waals surface area (Å²) in [5.74, 6) is 0.521. The smallest absolute Gasteiger partial charge is 0.0511 e. The third-order valence-electron chi connectivity index (χ3n) is 2.94. The molecule has 0 aromatic heterocycles. The largest absolute Gasteiger partial charge is 0.369 e. The first-order valence-corrected chi connectivity index (χ1v) is 7.61. The Morgan fingerprint density at radius 3 is 2.53 bits per heavy atom. The summed E-state index contributed by atoms with van der Waals surface area (Å²) in [6, 6.07) is 14.0. The summed E-state index contributed by atoms with van der Waals surface area (Å²) in [6.45, 7) is 0.762. The van der Waals surface area contributed by atoms with E-state index >= 15 is 0 Å². The van der Waals surface area contributed by atoms with Crippen LogP contribution in [0.25, 0.3) is 0 Å². The number of nitrogens with zero attached hydrogens (tertiary/aromatic N) is 1. The fourth-order valence-corrected chi connectivity index (χ4v) is 3.00. The molecule has 0 saturated heterocycles. The van der Waals surface area contributed by atoms with Gasteiger partial charge in [-0.3, -0.25) is 0 Å². The Balaban J connectivity index is 2.21. The van der Waals surface area contributed by atoms with Crippen LogP contribution < -0.4 is 4.90 Å². The molecule has 0 aliphatic carbocycles. The van der Waals surface area contributed by atoms with Crippen molar-refractivity contribution in [3.05, 3.63) is 63.1 Å². The summed E-state index contributed by atoms with van der Waals surface area (Å²) in [5.41, 5.74) is 3.33. The molecule has 1 nitrogen and oxygen atoms in total. The number of hydrogen-bond donors (Lipinski definition) is 0. The van der Waals surface area contributed by atoms with Gasteiger partial charge in [0.05, 0.1) is 5.69 Å². The van der Waals surface area contributed by atoms with Crippen molar-refractivity contribution in [3.63, 3.8) is 0 Å². The normalized spacial score (nSPS) is 10.5. The molecule has 0 radical (unpaired) electrons. The molecule has 2 rings (SSSR count). The Hall–Kier alpha value is -0.700. The van der Waals surface area contributed by atoms with Crippen molar-refractivity contribution in [3.8, 4) is 0 Å². The Morgan fingerprint density at radius 1 is 1.16 bits per heavy atom. The third-order valence-corrected chi connectivity index (χ3v) is 4.26. The summed E-state index contributed by atoms with van der Waals surface area (Å²) in [6.07, 6.45) is 0. The summed E-state index contributed by atoms with van der Waals surface area (Å²) in [4.78, 5) is 2.16. The number of rotatable bonds is 4. The van der Waals surface area contributed by atoms with Crippen LogP contribution in [0, 0.1) is 0 Å². The van der Waals surface area contributed by atoms with Gasteiger partial charge < -0.3 is 4.90 Å². The van der Waals surface area contributed by atoms with Crippen molar-refractivity contribution in [2.45, 2.75) is 12.4 Å². The average Bonchev–Trinajstić information content (AvgIpc) is 2.41. The van der Waals surface area contributed by atoms with E-state index in [0.717, 1.165) is 32.9 Å². The van der Waals surface area contributed by atoms with Crippen molar-refractivity contribution < 1.29 is 0 Å². The lowest BCUT2D eigenvalue weighted by Gasteiger charge is -2.21. The van der Waals surface area contributed by atoms with Crippen molar-refractivity contribution >= 4 is 44.8 Å². The maximum absolute atomic E-state index is 6.19. The number of hydrogen-bond acceptors (Lipinski definition) is 1. The first kappa shape index (κ1) is 14.7. The highest BCUT2D eigenvalue weighted by molar-refractivity contribution is 9.10. The molecule has 0 saturated carbocycles. The lowest BCUT2D eigenvalue weighted by atomic mass is 10.2. The molecule has 0 amide bonds. The molecule has 0 aliphatic heterocycles. The van der Waals surface area contributed by atoms with Gasteiger partial charge in [-0.2, -0.15) is 0 Å². The third kappa shape index (κ3) is 3.65. The van der Waals surface area contributed by atoms with Crippen molar-refractivity contribution in [2.24, 2.45) is 0 Å². The van der Waals surface area contributed by atoms with Gasteiger partial charge in [-0.05, 0) is 45.3 Å². The van der Waals surface area contributed by atoms with E-state index in [4.69, 9.17) is 23.2 Å². The van der Waals surface area contributed by atoms with Gasteiger partial charge in [-0.25, -0.2) is 0 Å². The lowest BCUT2D eigenvalue weighted by molar-refractivity contribution is 0.919. The Kier molecular flexibility index (Phi) is 5.14. The van der Waals surface area contributed by atoms with Crippen LogP contribution in [0.15, 0.2) is 46.9 Å². The van der Waals surface area contributed by atoms with Gasteiger partial charge in [-0.1, -0.05) is 35.9 Å². The standard InChI is InChI=1S/C15H14BrCl2N/c1-19(10-12-4-2-3-5-14(12)18)15-7-6-11(9-17)8-13(15)16/h2-8H,9-10H2,1H3. The number of halogens is 3. The first-order valence-electron chi connectivity index (χ1n) is 5.90. The predicted octanol–water partition coefficient (Wildman–Crippen LogP) is 5.48. The van der Waals surface area contributed by atoms with E-state index in [1.807, 2.05) is 43.4 Å². The van der Waals surface area contributed by atoms with Gasteiger partial charge in [0.25, 0.3) is 0 Å². The zero-order chi connectivity index (χ0) is 13.8. The Labute approximate surface area is 132 Å². The van der Waals surface area contributed by atoms with E-state index in [-0.39, 0.29) is 0 Å². The van der Waals surface area contributed by atoms with Gasteiger partial charge in [0.2, 0.25) is 0 Å². The topological polar surface area (TPSA) is 3.24 Å². The van der Waals surface area contributed by atoms with Crippen LogP contribution in [0.5, 0.6) is 0 Å². The number of anilines is 1. The summed E-state index contributed by atoms with van der Waals surface area (Å²) in [5, 5.41) is 0.794. The molecule has 2 aromatic carbocycles. The highest BCUT2D eigenvalue weighted by Crippen LogP contribution is 2.29. The quantitative estimate of drug-likeness (QED) is 0.654. The molecule has 0 atom stereocenters. The molecule has 0 spiro atoms. The molecule has 0 unspecified atom stereocenters. The zero-order valence-electron chi connectivity index (χ0n) is 10.5. The van der Waals surface area contributed by atoms with E-state index in [9.17, 15) is 0 Å². The molecular weight excluding hydrogens is 345 g/mol. The average molecular weight is 359 g/mol. The minimum Gasteiger partial charge on any atom is -0.369 e. The first-order chi connectivity index (χ1) is 9.11. The molecule has 0 heterocycles. The van der Waals surface area contributed by atoms with Crippen LogP contribution in [-0.2, 0) is 12.4 Å². The summed E-state index contributed by atoms with van der Waals surface area (Å²) >= 11 is 15.6. The van der Waals surface area contributed by atoms with Crippen LogP contribution in [0.4, 0.5) is 5.69 Å². The molecule has 0 N–H and O–H groups in total. The highest BCUT2D eigenvalue weighted by Gasteiger charge is 2.08. The maximum atomic E-state index is 6.19. The van der Waals surface area contributed by atoms with E-state index in [1.165, 1.54) is 0 Å². The molecule has 19 heavy (non-hydrogen) atoms. The predicted molar refractivity (Wildman–Crippen MR) is 87.3 cm³/mol. The van der Waals surface area contributed by atoms with Gasteiger partial charge in [0.15, 0.2) is 0 Å². The second-order valence-corrected chi connectivity index (χ2v) is 5.90. The van der Waals surface area contributed by atoms with Gasteiger partial charge >= 0.3 is 0 Å². The second-order valence-electron chi connectivity index (χ2n) is 4.37. The minimum absolute atomic E-state index is 0.521. The van der Waals surface area contributed by atoms with Crippen LogP contribution in [0.3, 0.4) is 0 Å². The fourth-order valence-electron chi connectivity index (χ4n) is 1.91. The molecule has 4 heteroatoms. The van der Waals surface area contributed by atoms with Crippen LogP contribution in [0.2, 0.25) is 5.02 Å². The SMILES string of the molecule is CN(Cc1ccccc1Cl)c1ccc(CCl)cc1Br. The van der Waals surface area contributed by atoms with E-state index in [1.54, 1.807) is 0 Å². The monoisotopic (exact) mass is 357 g/mol. The van der Waals surface area contributed by atoms with Crippen molar-refractivity contribution in [2.75, 3.05) is 11.9 Å². The number of benzene rings is 2. The lowest BCUT2D eigenvalue weighted by Crippen LogP contribution is -2.17. The minimum atomic E-state index is 0.521. The highest BCUT2D eigenvalue weighted by atomic mass is 79.9. The van der Waals surface area contributed by atoms with Crippen molar-refractivity contribution in [1.82, 2.24) is 0 Å². The van der Waals surface area contributed by atoms with Gasteiger partial charge in [0.1, 0.15) is 0 Å². The van der Waals surface area contributed by atoms with E-state index < -0.39 is 0 Å². The maximum Gasteiger partial charge on any atom is 0.0511 e. The van der Waals surface area contributed by atoms with Gasteiger partial charge in [-0.15, -0.1) is 11.6 Å². The summed E-state index contributed by atoms with van der Waals surface area (Å²) in [7, 11) is 2.05. The van der Waals surface area contributed by atoms with Crippen molar-refractivity contribution in [1.29, 1.82) is 0 Å². The second kappa shape index (κ2) is 6.65. The number of alkyl halides is 1. The molecule has 2 aromatic rings. The fraction of sp³-hybridized carbons (Fsp3) is 0.200. The van der Waals surface area contributed by atoms with E-state index in [2.05, 4.69) is 26.9 Å². The Bertz CT molecular complexity index is 572. The van der Waals surface area contributed by atoms with Crippen LogP contribution >= 0.6 is 39.1 Å². The summed E-state index contributed by atoms with van der Waals surface area (Å²) < 4.78 is 1.04.